The molecule has 6 rings (SSSR count). The molecule has 0 spiro atoms. The van der Waals surface area contributed by atoms with Gasteiger partial charge in [-0.2, -0.15) is 4.98 Å². The first kappa shape index (κ1) is 46.0. The van der Waals surface area contributed by atoms with Crippen LogP contribution in [0.15, 0.2) is 35.7 Å². The van der Waals surface area contributed by atoms with Crippen LogP contribution in [0.4, 0.5) is 4.79 Å². The normalized spacial score (nSPS) is 22.8. The number of hydrogen-bond acceptors (Lipinski definition) is 11. The van der Waals surface area contributed by atoms with E-state index in [4.69, 9.17) is 25.2 Å². The van der Waals surface area contributed by atoms with E-state index in [2.05, 4.69) is 29.3 Å². The number of nitrogens with zero attached hydrogens (tertiary/aromatic N) is 4. The van der Waals surface area contributed by atoms with Crippen LogP contribution in [0, 0.1) is 11.3 Å². The van der Waals surface area contributed by atoms with Crippen molar-refractivity contribution < 1.29 is 37.1 Å². The first-order chi connectivity index (χ1) is 28.5. The van der Waals surface area contributed by atoms with Crippen molar-refractivity contribution in [3.63, 3.8) is 0 Å². The Labute approximate surface area is 363 Å². The predicted octanol–water partition coefficient (Wildman–Crippen LogP) is 7.12. The van der Waals surface area contributed by atoms with Crippen LogP contribution in [0.1, 0.15) is 138 Å². The Bertz CT molecular complexity index is 2270. The summed E-state index contributed by atoms with van der Waals surface area (Å²) in [5.74, 6) is -1.32. The average molecular weight is 882 g/mol. The van der Waals surface area contributed by atoms with E-state index in [1.54, 1.807) is 46.0 Å². The highest BCUT2D eigenvalue weighted by Gasteiger charge is 2.58. The maximum absolute atomic E-state index is 14.3. The quantitative estimate of drug-likeness (QED) is 0.0871. The molecule has 5 atom stereocenters. The zero-order chi connectivity index (χ0) is 44.7. The Hall–Kier alpha value is -4.51. The third-order valence-electron chi connectivity index (χ3n) is 12.1. The van der Waals surface area contributed by atoms with Crippen molar-refractivity contribution in [3.05, 3.63) is 41.4 Å². The number of para-hydroxylation sites is 1. The molecular weight excluding hydrogens is 819 g/mol. The Morgan fingerprint density at radius 3 is 2.41 bits per heavy atom. The van der Waals surface area contributed by atoms with Crippen LogP contribution in [0.2, 0.25) is 0 Å². The van der Waals surface area contributed by atoms with Crippen molar-refractivity contribution in [1.29, 1.82) is 0 Å². The standard InChI is InChI=1S/C44H63N7O8S2/c1-26(2)32-25-60-37(46-32)30-17-15-19-33-35(30)48-40(51(33)27(3)4)58-29-22-34(36(45)52)50(24-29)38(53)31(47-41(55)59-42(5,6)7)18-14-12-10-11-13-16-28-23-44(28,9)39(54)49-61(56,57)43(8)20-21-43/h13,15-17,19,25-29,31,34H,10-12,14,18,20-24H2,1-9H3,(H2,45,52)(H,47,55)(H,49,54). The van der Waals surface area contributed by atoms with Crippen LogP contribution < -0.4 is 20.5 Å². The van der Waals surface area contributed by atoms with Crippen LogP contribution in [-0.2, 0) is 29.1 Å². The second kappa shape index (κ2) is 17.7. The molecule has 0 radical (unpaired) electrons. The zero-order valence-corrected chi connectivity index (χ0v) is 38.6. The minimum atomic E-state index is -3.69. The summed E-state index contributed by atoms with van der Waals surface area (Å²) in [5, 5.41) is 5.69. The second-order valence-electron chi connectivity index (χ2n) is 19.0. The number of alkyl carbamates (subject to hydrolysis) is 1. The fraction of sp³-hybridized carbons (Fsp3) is 0.636. The minimum Gasteiger partial charge on any atom is -0.459 e. The van der Waals surface area contributed by atoms with Crippen molar-refractivity contribution in [2.45, 2.75) is 161 Å². The molecule has 4 amide bonds. The molecule has 1 saturated heterocycles. The molecule has 1 aromatic carbocycles. The molecule has 3 aliphatic rings. The van der Waals surface area contributed by atoms with Gasteiger partial charge < -0.3 is 25.4 Å². The van der Waals surface area contributed by atoms with Gasteiger partial charge in [0, 0.05) is 23.4 Å². The van der Waals surface area contributed by atoms with Gasteiger partial charge in [0.05, 0.1) is 27.9 Å². The third kappa shape index (κ3) is 10.4. The minimum absolute atomic E-state index is 0.0243. The number of rotatable bonds is 18. The number of hydrogen-bond donors (Lipinski definition) is 3. The molecule has 4 N–H and O–H groups in total. The van der Waals surface area contributed by atoms with Crippen molar-refractivity contribution in [2.24, 2.45) is 17.1 Å². The van der Waals surface area contributed by atoms with Gasteiger partial charge in [-0.15, -0.1) is 11.3 Å². The number of thiazole rings is 1. The number of amides is 4. The lowest BCUT2D eigenvalue weighted by molar-refractivity contribution is -0.139. The molecule has 15 nitrogen and oxygen atoms in total. The monoisotopic (exact) mass is 881 g/mol. The topological polar surface area (TPSA) is 205 Å². The van der Waals surface area contributed by atoms with Crippen LogP contribution >= 0.6 is 11.3 Å². The molecule has 2 aromatic heterocycles. The van der Waals surface area contributed by atoms with Gasteiger partial charge in [-0.3, -0.25) is 23.7 Å². The van der Waals surface area contributed by atoms with E-state index in [1.807, 2.05) is 48.8 Å². The highest BCUT2D eigenvalue weighted by molar-refractivity contribution is 7.91. The number of nitrogens with two attached hydrogens (primary N) is 1. The van der Waals surface area contributed by atoms with Crippen LogP contribution in [-0.4, -0.2) is 86.7 Å². The average Bonchev–Trinajstić information content (AvgIpc) is 3.80. The smallest absolute Gasteiger partial charge is 0.408 e. The molecule has 2 aliphatic carbocycles. The number of carbonyl (C=O) groups is 4. The first-order valence-electron chi connectivity index (χ1n) is 21.5. The maximum Gasteiger partial charge on any atom is 0.408 e. The number of sulfonamides is 1. The van der Waals surface area contributed by atoms with Gasteiger partial charge in [0.25, 0.3) is 6.01 Å². The van der Waals surface area contributed by atoms with Gasteiger partial charge in [0.1, 0.15) is 34.3 Å². The molecule has 1 aliphatic heterocycles. The van der Waals surface area contributed by atoms with Crippen LogP contribution in [0.3, 0.4) is 0 Å². The van der Waals surface area contributed by atoms with Crippen molar-refractivity contribution in [2.75, 3.05) is 6.54 Å². The summed E-state index contributed by atoms with van der Waals surface area (Å²) in [5.41, 5.74) is 7.89. The largest absolute Gasteiger partial charge is 0.459 e. The number of likely N-dealkylation sites (tertiary alicyclic amines) is 1. The van der Waals surface area contributed by atoms with E-state index in [-0.39, 0.29) is 30.8 Å². The number of imidazole rings is 1. The van der Waals surface area contributed by atoms with Crippen molar-refractivity contribution in [1.82, 2.24) is 29.5 Å². The molecule has 2 saturated carbocycles. The summed E-state index contributed by atoms with van der Waals surface area (Å²) in [6.45, 7) is 17.0. The predicted molar refractivity (Wildman–Crippen MR) is 235 cm³/mol. The molecule has 3 heterocycles. The van der Waals surface area contributed by atoms with E-state index in [0.717, 1.165) is 46.6 Å². The highest BCUT2D eigenvalue weighted by Crippen LogP contribution is 2.54. The van der Waals surface area contributed by atoms with Gasteiger partial charge in [-0.05, 0) is 104 Å². The molecule has 3 fully saturated rings. The first-order valence-corrected chi connectivity index (χ1v) is 23.9. The van der Waals surface area contributed by atoms with E-state index in [0.29, 0.717) is 38.1 Å². The number of allylic oxidation sites excluding steroid dienone is 2. The SMILES string of the molecule is CC(C)c1csc(-c2cccc3c2nc(OC2CC(C(N)=O)N(C(=O)C(CCCCCC=CC4CC4(C)C(=O)NS(=O)(=O)C4(C)CC4)NC(=O)OC(C)(C)C)C2)n3C(C)C)n1. The van der Waals surface area contributed by atoms with Gasteiger partial charge in [-0.25, -0.2) is 18.2 Å². The van der Waals surface area contributed by atoms with Gasteiger partial charge in [-0.1, -0.05) is 51.8 Å². The molecule has 334 valence electrons. The lowest BCUT2D eigenvalue weighted by atomic mass is 10.0. The Morgan fingerprint density at radius 1 is 1.07 bits per heavy atom. The van der Waals surface area contributed by atoms with E-state index < -0.39 is 67.8 Å². The number of fused-ring (bicyclic) bond motifs is 1. The Morgan fingerprint density at radius 2 is 1.79 bits per heavy atom. The van der Waals surface area contributed by atoms with E-state index in [1.165, 1.54) is 4.90 Å². The summed E-state index contributed by atoms with van der Waals surface area (Å²) in [6, 6.07) is 4.36. The second-order valence-corrected chi connectivity index (χ2v) is 22.1. The van der Waals surface area contributed by atoms with Crippen LogP contribution in [0.25, 0.3) is 21.6 Å². The zero-order valence-electron chi connectivity index (χ0n) is 36.9. The molecule has 0 bridgehead atoms. The Kier molecular flexibility index (Phi) is 13.3. The summed E-state index contributed by atoms with van der Waals surface area (Å²) >= 11 is 1.57. The fourth-order valence-corrected chi connectivity index (χ4v) is 10.1. The maximum atomic E-state index is 14.3. The number of primary amides is 1. The molecule has 3 aromatic rings. The molecule has 61 heavy (non-hydrogen) atoms. The molecule has 17 heteroatoms. The third-order valence-corrected chi connectivity index (χ3v) is 15.1. The number of unbranched alkanes of at least 4 members (excludes halogenated alkanes) is 3. The van der Waals surface area contributed by atoms with E-state index >= 15 is 0 Å². The van der Waals surface area contributed by atoms with Gasteiger partial charge >= 0.3 is 6.09 Å². The van der Waals surface area contributed by atoms with Crippen LogP contribution in [0.5, 0.6) is 6.01 Å². The van der Waals surface area contributed by atoms with E-state index in [9.17, 15) is 27.6 Å². The lowest BCUT2D eigenvalue weighted by Crippen LogP contribution is -2.53. The highest BCUT2D eigenvalue weighted by atomic mass is 32.2. The van der Waals surface area contributed by atoms with Gasteiger partial charge in [0.15, 0.2) is 0 Å². The number of aromatic nitrogens is 3. The Balaban J connectivity index is 1.09. The number of carbonyl (C=O) groups excluding carboxylic acids is 4. The molecule has 5 unspecified atom stereocenters. The number of ether oxygens (including phenoxy) is 2. The fourth-order valence-electron chi connectivity index (χ4n) is 7.77. The summed E-state index contributed by atoms with van der Waals surface area (Å²) < 4.78 is 40.7. The van der Waals surface area contributed by atoms with Crippen molar-refractivity contribution in [3.8, 4) is 16.6 Å². The number of benzene rings is 1. The van der Waals surface area contributed by atoms with Crippen molar-refractivity contribution >= 4 is 56.2 Å². The summed E-state index contributed by atoms with van der Waals surface area (Å²) in [7, 11) is -3.69. The van der Waals surface area contributed by atoms with Gasteiger partial charge in [0.2, 0.25) is 27.7 Å². The summed E-state index contributed by atoms with van der Waals surface area (Å²) in [4.78, 5) is 64.3. The summed E-state index contributed by atoms with van der Waals surface area (Å²) in [6.07, 6.45) is 7.64. The lowest BCUT2D eigenvalue weighted by Gasteiger charge is -2.28. The molecular formula is C44H63N7O8S2. The number of nitrogens with one attached hydrogen (secondary N) is 2.